The van der Waals surface area contributed by atoms with E-state index in [2.05, 4.69) is 58.7 Å². The van der Waals surface area contributed by atoms with Crippen LogP contribution in [0.4, 0.5) is 0 Å². The molecule has 0 spiro atoms. The Hall–Kier alpha value is -0.470. The first-order chi connectivity index (χ1) is 8.66. The standard InChI is InChI=1S/C11H21BrN4O2S/c1-7(2)9(8(3)4)6-13-19(17,18)11-10(12)14-15-16(11)5/h7-9,13H,6H2,1-5H3. The van der Waals surface area contributed by atoms with E-state index >= 15 is 0 Å². The number of nitrogens with one attached hydrogen (secondary N) is 1. The van der Waals surface area contributed by atoms with Crippen LogP contribution in [0.15, 0.2) is 9.63 Å². The minimum absolute atomic E-state index is 0.0544. The van der Waals surface area contributed by atoms with Gasteiger partial charge in [-0.3, -0.25) is 0 Å². The molecule has 0 unspecified atom stereocenters. The first-order valence-electron chi connectivity index (χ1n) is 6.21. The second kappa shape index (κ2) is 6.32. The fourth-order valence-corrected chi connectivity index (χ4v) is 4.29. The van der Waals surface area contributed by atoms with Gasteiger partial charge in [0.05, 0.1) is 0 Å². The molecule has 1 N–H and O–H groups in total. The van der Waals surface area contributed by atoms with Crippen molar-refractivity contribution < 1.29 is 8.42 Å². The molecule has 0 aliphatic carbocycles. The van der Waals surface area contributed by atoms with Crippen LogP contribution >= 0.6 is 15.9 Å². The summed E-state index contributed by atoms with van der Waals surface area (Å²) in [6, 6.07) is 0. The summed E-state index contributed by atoms with van der Waals surface area (Å²) in [6.45, 7) is 8.80. The van der Waals surface area contributed by atoms with E-state index < -0.39 is 10.0 Å². The summed E-state index contributed by atoms with van der Waals surface area (Å²) in [6.07, 6.45) is 0. The number of rotatable bonds is 6. The quantitative estimate of drug-likeness (QED) is 0.846. The van der Waals surface area contributed by atoms with Crippen molar-refractivity contribution in [2.24, 2.45) is 24.8 Å². The molecule has 0 bridgehead atoms. The van der Waals surface area contributed by atoms with Crippen molar-refractivity contribution >= 4 is 26.0 Å². The van der Waals surface area contributed by atoms with Crippen molar-refractivity contribution in [1.29, 1.82) is 0 Å². The van der Waals surface area contributed by atoms with Crippen LogP contribution in [-0.4, -0.2) is 30.0 Å². The van der Waals surface area contributed by atoms with Crippen LogP contribution in [0.5, 0.6) is 0 Å². The van der Waals surface area contributed by atoms with Gasteiger partial charge < -0.3 is 0 Å². The Labute approximate surface area is 123 Å². The first kappa shape index (κ1) is 16.6. The molecule has 8 heteroatoms. The lowest BCUT2D eigenvalue weighted by molar-refractivity contribution is 0.289. The van der Waals surface area contributed by atoms with E-state index in [4.69, 9.17) is 0 Å². The van der Waals surface area contributed by atoms with E-state index in [1.807, 2.05) is 0 Å². The molecule has 110 valence electrons. The van der Waals surface area contributed by atoms with Crippen molar-refractivity contribution in [3.63, 3.8) is 0 Å². The molecule has 0 amide bonds. The Morgan fingerprint density at radius 1 is 1.26 bits per heavy atom. The smallest absolute Gasteiger partial charge is 0.235 e. The molecule has 0 saturated carbocycles. The Morgan fingerprint density at radius 3 is 2.16 bits per heavy atom. The van der Waals surface area contributed by atoms with E-state index in [1.54, 1.807) is 7.05 Å². The highest BCUT2D eigenvalue weighted by atomic mass is 79.9. The average Bonchev–Trinajstić information content (AvgIpc) is 2.57. The van der Waals surface area contributed by atoms with Crippen LogP contribution in [0.2, 0.25) is 0 Å². The zero-order chi connectivity index (χ0) is 14.8. The maximum atomic E-state index is 12.2. The summed E-state index contributed by atoms with van der Waals surface area (Å²) >= 11 is 3.10. The number of hydrogen-bond donors (Lipinski definition) is 1. The number of nitrogens with zero attached hydrogens (tertiary/aromatic N) is 3. The number of hydrogen-bond acceptors (Lipinski definition) is 4. The zero-order valence-corrected chi connectivity index (χ0v) is 14.3. The zero-order valence-electron chi connectivity index (χ0n) is 11.9. The lowest BCUT2D eigenvalue weighted by Gasteiger charge is -2.24. The molecule has 0 atom stereocenters. The maximum Gasteiger partial charge on any atom is 0.260 e. The minimum atomic E-state index is -3.60. The van der Waals surface area contributed by atoms with Crippen LogP contribution in [0.1, 0.15) is 27.7 Å². The molecule has 0 radical (unpaired) electrons. The molecule has 19 heavy (non-hydrogen) atoms. The van der Waals surface area contributed by atoms with Gasteiger partial charge in [-0.1, -0.05) is 32.9 Å². The van der Waals surface area contributed by atoms with E-state index in [0.29, 0.717) is 18.4 Å². The van der Waals surface area contributed by atoms with Gasteiger partial charge in [-0.15, -0.1) is 5.10 Å². The van der Waals surface area contributed by atoms with Crippen molar-refractivity contribution in [2.75, 3.05) is 6.54 Å². The summed E-state index contributed by atoms with van der Waals surface area (Å²) in [5.41, 5.74) is 0. The number of aryl methyl sites for hydroxylation is 1. The lowest BCUT2D eigenvalue weighted by atomic mass is 9.86. The predicted molar refractivity (Wildman–Crippen MR) is 77.1 cm³/mol. The fraction of sp³-hybridized carbons (Fsp3) is 0.818. The monoisotopic (exact) mass is 352 g/mol. The third kappa shape index (κ3) is 4.00. The molecule has 0 aliphatic rings. The van der Waals surface area contributed by atoms with Crippen molar-refractivity contribution in [1.82, 2.24) is 19.7 Å². The summed E-state index contributed by atoms with van der Waals surface area (Å²) in [4.78, 5) is 0. The maximum absolute atomic E-state index is 12.2. The van der Waals surface area contributed by atoms with Gasteiger partial charge in [-0.25, -0.2) is 17.8 Å². The Kier molecular flexibility index (Phi) is 5.52. The second-order valence-corrected chi connectivity index (χ2v) is 7.75. The molecule has 1 rings (SSSR count). The molecule has 0 fully saturated rings. The third-order valence-electron chi connectivity index (χ3n) is 3.21. The Bertz CT molecular complexity index is 497. The van der Waals surface area contributed by atoms with Gasteiger partial charge in [0.1, 0.15) is 0 Å². The van der Waals surface area contributed by atoms with Crippen molar-refractivity contribution in [3.05, 3.63) is 4.60 Å². The van der Waals surface area contributed by atoms with Gasteiger partial charge in [0.25, 0.3) is 10.0 Å². The van der Waals surface area contributed by atoms with Gasteiger partial charge in [-0.2, -0.15) is 0 Å². The molecule has 0 saturated heterocycles. The van der Waals surface area contributed by atoms with Crippen molar-refractivity contribution in [2.45, 2.75) is 32.7 Å². The topological polar surface area (TPSA) is 76.9 Å². The number of halogens is 1. The predicted octanol–water partition coefficient (Wildman–Crippen LogP) is 1.78. The SMILES string of the molecule is CC(C)C(CNS(=O)(=O)c1c(Br)nnn1C)C(C)C. The van der Waals surface area contributed by atoms with Gasteiger partial charge in [0.15, 0.2) is 4.60 Å². The summed E-state index contributed by atoms with van der Waals surface area (Å²) in [5, 5.41) is 7.43. The van der Waals surface area contributed by atoms with Crippen LogP contribution in [0.3, 0.4) is 0 Å². The molecular weight excluding hydrogens is 332 g/mol. The van der Waals surface area contributed by atoms with E-state index in [9.17, 15) is 8.42 Å². The van der Waals surface area contributed by atoms with Gasteiger partial charge in [0.2, 0.25) is 5.03 Å². The Morgan fingerprint density at radius 2 is 1.79 bits per heavy atom. The Balaban J connectivity index is 2.87. The average molecular weight is 353 g/mol. The number of sulfonamides is 1. The van der Waals surface area contributed by atoms with E-state index in [1.165, 1.54) is 4.68 Å². The summed E-state index contributed by atoms with van der Waals surface area (Å²) in [5.74, 6) is 1.11. The highest BCUT2D eigenvalue weighted by Crippen LogP contribution is 2.22. The fourth-order valence-electron chi connectivity index (χ4n) is 2.12. The number of aromatic nitrogens is 3. The summed E-state index contributed by atoms with van der Waals surface area (Å²) in [7, 11) is -2.05. The normalized spacial score (nSPS) is 12.9. The van der Waals surface area contributed by atoms with Gasteiger partial charge in [0, 0.05) is 13.6 Å². The van der Waals surface area contributed by atoms with Crippen LogP contribution in [0, 0.1) is 17.8 Å². The molecule has 0 aromatic carbocycles. The second-order valence-electron chi connectivity index (χ2n) is 5.31. The molecule has 0 aliphatic heterocycles. The van der Waals surface area contributed by atoms with Crippen LogP contribution in [-0.2, 0) is 17.1 Å². The van der Waals surface area contributed by atoms with E-state index in [-0.39, 0.29) is 15.5 Å². The first-order valence-corrected chi connectivity index (χ1v) is 8.49. The summed E-state index contributed by atoms with van der Waals surface area (Å²) < 4.78 is 28.6. The largest absolute Gasteiger partial charge is 0.260 e. The molecular formula is C11H21BrN4O2S. The molecule has 1 aromatic heterocycles. The minimum Gasteiger partial charge on any atom is -0.235 e. The lowest BCUT2D eigenvalue weighted by Crippen LogP contribution is -2.34. The highest BCUT2D eigenvalue weighted by molar-refractivity contribution is 9.10. The molecule has 1 heterocycles. The third-order valence-corrected chi connectivity index (χ3v) is 5.52. The van der Waals surface area contributed by atoms with Crippen molar-refractivity contribution in [3.8, 4) is 0 Å². The highest BCUT2D eigenvalue weighted by Gasteiger charge is 2.26. The molecule has 1 aromatic rings. The molecule has 6 nitrogen and oxygen atoms in total. The van der Waals surface area contributed by atoms with E-state index in [0.717, 1.165) is 0 Å². The van der Waals surface area contributed by atoms with Crippen LogP contribution in [0.25, 0.3) is 0 Å². The van der Waals surface area contributed by atoms with Gasteiger partial charge in [-0.05, 0) is 33.7 Å². The van der Waals surface area contributed by atoms with Gasteiger partial charge >= 0.3 is 0 Å². The van der Waals surface area contributed by atoms with Crippen LogP contribution < -0.4 is 4.72 Å².